The number of ether oxygens (including phenoxy) is 1. The molecule has 1 fully saturated rings. The highest BCUT2D eigenvalue weighted by molar-refractivity contribution is 5.86. The number of nitrogens with zero attached hydrogens (tertiary/aromatic N) is 1. The summed E-state index contributed by atoms with van der Waals surface area (Å²) in [4.78, 5) is 16.0. The van der Waals surface area contributed by atoms with Crippen LogP contribution in [0, 0.1) is 0 Å². The molecule has 17 heavy (non-hydrogen) atoms. The number of ketones is 1. The van der Waals surface area contributed by atoms with E-state index in [0.29, 0.717) is 12.2 Å². The van der Waals surface area contributed by atoms with Crippen LogP contribution in [0.5, 0.6) is 5.75 Å². The standard InChI is InChI=1S/C14H19NO2/c1-10(2)17-12-7-11(8-15-9-12)13-5-3-4-6-14(13)16/h7-10,13H,3-6H2,1-2H3. The lowest BCUT2D eigenvalue weighted by Crippen LogP contribution is -2.17. The quantitative estimate of drug-likeness (QED) is 0.805. The monoisotopic (exact) mass is 233 g/mol. The highest BCUT2D eigenvalue weighted by Crippen LogP contribution is 2.31. The van der Waals surface area contributed by atoms with E-state index in [0.717, 1.165) is 30.6 Å². The van der Waals surface area contributed by atoms with Crippen LogP contribution in [-0.4, -0.2) is 16.9 Å². The Morgan fingerprint density at radius 2 is 2.18 bits per heavy atom. The van der Waals surface area contributed by atoms with Crippen molar-refractivity contribution in [2.45, 2.75) is 51.6 Å². The highest BCUT2D eigenvalue weighted by atomic mass is 16.5. The molecule has 2 rings (SSSR count). The molecule has 1 aromatic rings. The SMILES string of the molecule is CC(C)Oc1cncc(C2CCCCC2=O)c1. The topological polar surface area (TPSA) is 39.2 Å². The van der Waals surface area contributed by atoms with Crippen molar-refractivity contribution in [3.63, 3.8) is 0 Å². The number of rotatable bonds is 3. The zero-order valence-corrected chi connectivity index (χ0v) is 10.5. The third-order valence-electron chi connectivity index (χ3n) is 3.06. The second kappa shape index (κ2) is 5.30. The zero-order valence-electron chi connectivity index (χ0n) is 10.5. The van der Waals surface area contributed by atoms with E-state index in [1.165, 1.54) is 0 Å². The Bertz CT molecular complexity index is 401. The van der Waals surface area contributed by atoms with Crippen molar-refractivity contribution in [1.82, 2.24) is 4.98 Å². The van der Waals surface area contributed by atoms with Gasteiger partial charge < -0.3 is 4.74 Å². The lowest BCUT2D eigenvalue weighted by molar-refractivity contribution is -0.121. The largest absolute Gasteiger partial charge is 0.489 e. The first kappa shape index (κ1) is 12.1. The normalized spacial score (nSPS) is 20.6. The number of pyridine rings is 1. The molecule has 0 spiro atoms. The number of carbonyl (C=O) groups excluding carboxylic acids is 1. The maximum atomic E-state index is 11.9. The van der Waals surface area contributed by atoms with E-state index in [9.17, 15) is 4.79 Å². The first-order valence-electron chi connectivity index (χ1n) is 6.31. The molecule has 0 bridgehead atoms. The van der Waals surface area contributed by atoms with Crippen molar-refractivity contribution in [3.8, 4) is 5.75 Å². The van der Waals surface area contributed by atoms with Crippen LogP contribution in [0.2, 0.25) is 0 Å². The van der Waals surface area contributed by atoms with E-state index < -0.39 is 0 Å². The second-order valence-corrected chi connectivity index (χ2v) is 4.89. The summed E-state index contributed by atoms with van der Waals surface area (Å²) in [6.45, 7) is 3.97. The lowest BCUT2D eigenvalue weighted by Gasteiger charge is -2.21. The summed E-state index contributed by atoms with van der Waals surface area (Å²) >= 11 is 0. The fourth-order valence-corrected chi connectivity index (χ4v) is 2.30. The van der Waals surface area contributed by atoms with Gasteiger partial charge in [0.05, 0.1) is 12.3 Å². The van der Waals surface area contributed by atoms with Crippen LogP contribution in [-0.2, 0) is 4.79 Å². The van der Waals surface area contributed by atoms with Crippen LogP contribution in [0.25, 0.3) is 0 Å². The number of aromatic nitrogens is 1. The van der Waals surface area contributed by atoms with E-state index in [1.807, 2.05) is 19.9 Å². The minimum atomic E-state index is 0.0342. The summed E-state index contributed by atoms with van der Waals surface area (Å²) in [5, 5.41) is 0. The van der Waals surface area contributed by atoms with Crippen LogP contribution in [0.15, 0.2) is 18.5 Å². The molecule has 1 heterocycles. The number of Topliss-reactive ketones (excluding diaryl/α,β-unsaturated/α-hetero) is 1. The van der Waals surface area contributed by atoms with Crippen molar-refractivity contribution in [2.75, 3.05) is 0 Å². The predicted molar refractivity (Wildman–Crippen MR) is 66.2 cm³/mol. The average Bonchev–Trinajstić information content (AvgIpc) is 2.29. The smallest absolute Gasteiger partial charge is 0.140 e. The van der Waals surface area contributed by atoms with Crippen molar-refractivity contribution < 1.29 is 9.53 Å². The maximum absolute atomic E-state index is 11.9. The Morgan fingerprint density at radius 1 is 1.35 bits per heavy atom. The molecule has 0 amide bonds. The Hall–Kier alpha value is -1.38. The summed E-state index contributed by atoms with van der Waals surface area (Å²) in [6, 6.07) is 1.96. The van der Waals surface area contributed by atoms with Gasteiger partial charge in [-0.1, -0.05) is 6.42 Å². The fourth-order valence-electron chi connectivity index (χ4n) is 2.30. The summed E-state index contributed by atoms with van der Waals surface area (Å²) in [5.74, 6) is 1.14. The van der Waals surface area contributed by atoms with Gasteiger partial charge in [-0.3, -0.25) is 9.78 Å². The molecule has 0 aromatic carbocycles. The Morgan fingerprint density at radius 3 is 2.88 bits per heavy atom. The van der Waals surface area contributed by atoms with Gasteiger partial charge in [-0.05, 0) is 38.3 Å². The Balaban J connectivity index is 2.17. The molecule has 3 nitrogen and oxygen atoms in total. The van der Waals surface area contributed by atoms with E-state index in [4.69, 9.17) is 4.74 Å². The van der Waals surface area contributed by atoms with Crippen LogP contribution in [0.3, 0.4) is 0 Å². The van der Waals surface area contributed by atoms with Crippen molar-refractivity contribution in [2.24, 2.45) is 0 Å². The average molecular weight is 233 g/mol. The lowest BCUT2D eigenvalue weighted by atomic mass is 9.83. The van der Waals surface area contributed by atoms with Gasteiger partial charge in [-0.2, -0.15) is 0 Å². The van der Waals surface area contributed by atoms with Gasteiger partial charge in [-0.15, -0.1) is 0 Å². The summed E-state index contributed by atoms with van der Waals surface area (Å²) in [6.07, 6.45) is 7.45. The molecule has 0 saturated heterocycles. The predicted octanol–water partition coefficient (Wildman–Crippen LogP) is 3.10. The van der Waals surface area contributed by atoms with Gasteiger partial charge in [0.15, 0.2) is 0 Å². The number of hydrogen-bond donors (Lipinski definition) is 0. The molecule has 1 unspecified atom stereocenters. The molecular weight excluding hydrogens is 214 g/mol. The minimum absolute atomic E-state index is 0.0342. The Kier molecular flexibility index (Phi) is 3.77. The third kappa shape index (κ3) is 3.05. The van der Waals surface area contributed by atoms with E-state index in [2.05, 4.69) is 4.98 Å². The summed E-state index contributed by atoms with van der Waals surface area (Å²) in [5.41, 5.74) is 1.01. The molecular formula is C14H19NO2. The van der Waals surface area contributed by atoms with Crippen LogP contribution >= 0.6 is 0 Å². The van der Waals surface area contributed by atoms with Gasteiger partial charge in [0.2, 0.25) is 0 Å². The second-order valence-electron chi connectivity index (χ2n) is 4.89. The molecule has 0 N–H and O–H groups in total. The van der Waals surface area contributed by atoms with Crippen LogP contribution < -0.4 is 4.74 Å². The third-order valence-corrected chi connectivity index (χ3v) is 3.06. The summed E-state index contributed by atoms with van der Waals surface area (Å²) in [7, 11) is 0. The maximum Gasteiger partial charge on any atom is 0.140 e. The van der Waals surface area contributed by atoms with Gasteiger partial charge in [0, 0.05) is 18.5 Å². The minimum Gasteiger partial charge on any atom is -0.489 e. The van der Waals surface area contributed by atoms with Crippen LogP contribution in [0.4, 0.5) is 0 Å². The number of carbonyl (C=O) groups is 1. The molecule has 1 aliphatic rings. The first-order valence-corrected chi connectivity index (χ1v) is 6.31. The fraction of sp³-hybridized carbons (Fsp3) is 0.571. The van der Waals surface area contributed by atoms with Gasteiger partial charge in [0.1, 0.15) is 11.5 Å². The van der Waals surface area contributed by atoms with Gasteiger partial charge in [-0.25, -0.2) is 0 Å². The molecule has 1 aliphatic carbocycles. The van der Waals surface area contributed by atoms with Crippen molar-refractivity contribution in [3.05, 3.63) is 24.0 Å². The summed E-state index contributed by atoms with van der Waals surface area (Å²) < 4.78 is 5.61. The van der Waals surface area contributed by atoms with Gasteiger partial charge in [0.25, 0.3) is 0 Å². The zero-order chi connectivity index (χ0) is 12.3. The highest BCUT2D eigenvalue weighted by Gasteiger charge is 2.24. The van der Waals surface area contributed by atoms with Gasteiger partial charge >= 0.3 is 0 Å². The molecule has 3 heteroatoms. The Labute approximate surface area is 102 Å². The van der Waals surface area contributed by atoms with Crippen molar-refractivity contribution >= 4 is 5.78 Å². The number of hydrogen-bond acceptors (Lipinski definition) is 3. The molecule has 1 saturated carbocycles. The molecule has 1 aromatic heterocycles. The van der Waals surface area contributed by atoms with E-state index >= 15 is 0 Å². The molecule has 0 radical (unpaired) electrons. The molecule has 0 aliphatic heterocycles. The molecule has 1 atom stereocenters. The van der Waals surface area contributed by atoms with Crippen molar-refractivity contribution in [1.29, 1.82) is 0 Å². The van der Waals surface area contributed by atoms with Crippen LogP contribution in [0.1, 0.15) is 51.0 Å². The first-order chi connectivity index (χ1) is 8.16. The molecule has 92 valence electrons. The van der Waals surface area contributed by atoms with E-state index in [1.54, 1.807) is 12.4 Å². The van der Waals surface area contributed by atoms with E-state index in [-0.39, 0.29) is 12.0 Å².